The molecule has 0 saturated carbocycles. The number of pyridine rings is 1. The molecule has 0 spiro atoms. The topological polar surface area (TPSA) is 100 Å². The van der Waals surface area contributed by atoms with E-state index in [1.807, 2.05) is 29.8 Å². The number of fused-ring (bicyclic) bond motifs is 1. The zero-order valence-corrected chi connectivity index (χ0v) is 20.2. The lowest BCUT2D eigenvalue weighted by molar-refractivity contribution is 0.426. The number of rotatable bonds is 6. The van der Waals surface area contributed by atoms with Gasteiger partial charge in [0.2, 0.25) is 0 Å². The van der Waals surface area contributed by atoms with E-state index in [0.717, 1.165) is 35.4 Å². The van der Waals surface area contributed by atoms with Crippen LogP contribution in [0.1, 0.15) is 45.2 Å². The SMILES string of the molecule is CCc1nc(Cn2c(-c3ccc(N4[C@@H](C)CC[C@@H]4C)nc3)nc3c(Cl)c(B(O)O)ccc32)co1. The number of anilines is 1. The van der Waals surface area contributed by atoms with Gasteiger partial charge in [-0.15, -0.1) is 0 Å². The second-order valence-electron chi connectivity index (χ2n) is 8.91. The average Bonchev–Trinajstić information content (AvgIpc) is 3.52. The summed E-state index contributed by atoms with van der Waals surface area (Å²) < 4.78 is 7.54. The number of aromatic nitrogens is 4. The third-order valence-electron chi connectivity index (χ3n) is 6.61. The predicted octanol–water partition coefficient (Wildman–Crippen LogP) is 3.41. The van der Waals surface area contributed by atoms with Crippen LogP contribution >= 0.6 is 11.6 Å². The summed E-state index contributed by atoms with van der Waals surface area (Å²) in [6.45, 7) is 6.88. The Bertz CT molecular complexity index is 1310. The number of hydrogen-bond donors (Lipinski definition) is 2. The summed E-state index contributed by atoms with van der Waals surface area (Å²) in [4.78, 5) is 16.5. The molecule has 3 aromatic heterocycles. The zero-order chi connectivity index (χ0) is 24.0. The standard InChI is InChI=1S/C24H27BClN5O3/c1-4-21-28-17(13-34-21)12-30-19-9-8-18(25(32)33)22(26)23(19)29-24(30)16-7-10-20(27-11-16)31-14(2)5-6-15(31)3/h7-11,13-15,32-33H,4-6,12H2,1-3H3/t14-,15-/m0/s1. The van der Waals surface area contributed by atoms with E-state index in [1.54, 1.807) is 18.4 Å². The third kappa shape index (κ3) is 3.98. The molecule has 0 radical (unpaired) electrons. The van der Waals surface area contributed by atoms with Gasteiger partial charge in [-0.25, -0.2) is 15.0 Å². The Morgan fingerprint density at radius 1 is 1.12 bits per heavy atom. The smallest absolute Gasteiger partial charge is 0.449 e. The van der Waals surface area contributed by atoms with E-state index >= 15 is 0 Å². The molecular formula is C24H27BClN5O3. The van der Waals surface area contributed by atoms with Gasteiger partial charge in [-0.2, -0.15) is 0 Å². The predicted molar refractivity (Wildman–Crippen MR) is 133 cm³/mol. The minimum Gasteiger partial charge on any atom is -0.449 e. The third-order valence-corrected chi connectivity index (χ3v) is 7.01. The molecule has 8 nitrogen and oxygen atoms in total. The lowest BCUT2D eigenvalue weighted by Gasteiger charge is -2.27. The molecule has 1 saturated heterocycles. The van der Waals surface area contributed by atoms with E-state index in [0.29, 0.717) is 42.3 Å². The van der Waals surface area contributed by atoms with E-state index < -0.39 is 7.12 Å². The molecule has 0 aliphatic carbocycles. The Labute approximate surface area is 203 Å². The van der Waals surface area contributed by atoms with Crippen molar-refractivity contribution < 1.29 is 14.5 Å². The van der Waals surface area contributed by atoms with Gasteiger partial charge >= 0.3 is 7.12 Å². The quantitative estimate of drug-likeness (QED) is 0.409. The Morgan fingerprint density at radius 2 is 1.88 bits per heavy atom. The van der Waals surface area contributed by atoms with Crippen LogP contribution in [-0.2, 0) is 13.0 Å². The molecule has 2 atom stereocenters. The van der Waals surface area contributed by atoms with Crippen molar-refractivity contribution in [2.45, 2.75) is 58.7 Å². The first-order valence-electron chi connectivity index (χ1n) is 11.6. The minimum absolute atomic E-state index is 0.213. The first-order chi connectivity index (χ1) is 16.4. The van der Waals surface area contributed by atoms with Crippen LogP contribution in [0.15, 0.2) is 41.1 Å². The summed E-state index contributed by atoms with van der Waals surface area (Å²) in [7, 11) is -1.68. The molecule has 176 valence electrons. The number of halogens is 1. The minimum atomic E-state index is -1.68. The second kappa shape index (κ2) is 9.05. The van der Waals surface area contributed by atoms with Gasteiger partial charge in [0.1, 0.15) is 23.4 Å². The average molecular weight is 480 g/mol. The van der Waals surface area contributed by atoms with Crippen molar-refractivity contribution in [2.75, 3.05) is 4.90 Å². The van der Waals surface area contributed by atoms with Crippen LogP contribution in [0, 0.1) is 0 Å². The summed E-state index contributed by atoms with van der Waals surface area (Å²) in [5.41, 5.74) is 3.07. The second-order valence-corrected chi connectivity index (χ2v) is 9.28. The fourth-order valence-corrected chi connectivity index (χ4v) is 5.12. The number of nitrogens with zero attached hydrogens (tertiary/aromatic N) is 5. The zero-order valence-electron chi connectivity index (χ0n) is 19.4. The number of imidazole rings is 1. The summed E-state index contributed by atoms with van der Waals surface area (Å²) in [5, 5.41) is 19.6. The van der Waals surface area contributed by atoms with E-state index in [1.165, 1.54) is 0 Å². The fraction of sp³-hybridized carbons (Fsp3) is 0.375. The Hall–Kier alpha value is -2.88. The number of benzene rings is 1. The molecule has 10 heteroatoms. The molecule has 4 aromatic rings. The van der Waals surface area contributed by atoms with Crippen LogP contribution in [-0.4, -0.2) is 48.8 Å². The van der Waals surface area contributed by atoms with Gasteiger partial charge in [0, 0.05) is 35.7 Å². The molecule has 1 aromatic carbocycles. The van der Waals surface area contributed by atoms with Crippen LogP contribution < -0.4 is 10.4 Å². The summed E-state index contributed by atoms with van der Waals surface area (Å²) in [6, 6.07) is 8.37. The van der Waals surface area contributed by atoms with E-state index in [2.05, 4.69) is 23.7 Å². The molecule has 0 amide bonds. The largest absolute Gasteiger partial charge is 0.490 e. The maximum atomic E-state index is 9.70. The van der Waals surface area contributed by atoms with Crippen molar-refractivity contribution in [1.82, 2.24) is 19.5 Å². The normalized spacial score (nSPS) is 18.2. The number of aryl methyl sites for hydroxylation is 1. The molecule has 0 unspecified atom stereocenters. The van der Waals surface area contributed by atoms with E-state index in [9.17, 15) is 10.0 Å². The van der Waals surface area contributed by atoms with E-state index in [-0.39, 0.29) is 10.5 Å². The first kappa shape index (κ1) is 22.9. The van der Waals surface area contributed by atoms with Gasteiger partial charge < -0.3 is 23.9 Å². The van der Waals surface area contributed by atoms with Crippen molar-refractivity contribution in [2.24, 2.45) is 0 Å². The van der Waals surface area contributed by atoms with E-state index in [4.69, 9.17) is 26.0 Å². The molecule has 2 N–H and O–H groups in total. The Balaban J connectivity index is 1.60. The summed E-state index contributed by atoms with van der Waals surface area (Å²) in [5.74, 6) is 2.30. The molecule has 5 rings (SSSR count). The van der Waals surface area contributed by atoms with Gasteiger partial charge in [-0.3, -0.25) is 0 Å². The number of oxazole rings is 1. The van der Waals surface area contributed by atoms with Crippen molar-refractivity contribution in [3.63, 3.8) is 0 Å². The lowest BCUT2D eigenvalue weighted by atomic mass is 9.80. The van der Waals surface area contributed by atoms with Crippen molar-refractivity contribution in [1.29, 1.82) is 0 Å². The summed E-state index contributed by atoms with van der Waals surface area (Å²) in [6.07, 6.45) is 6.52. The molecule has 1 fully saturated rings. The van der Waals surface area contributed by atoms with Gasteiger partial charge in [0.15, 0.2) is 5.89 Å². The highest BCUT2D eigenvalue weighted by atomic mass is 35.5. The fourth-order valence-electron chi connectivity index (χ4n) is 4.82. The molecule has 1 aliphatic rings. The Morgan fingerprint density at radius 3 is 2.50 bits per heavy atom. The lowest BCUT2D eigenvalue weighted by Crippen LogP contribution is -2.33. The van der Waals surface area contributed by atoms with Gasteiger partial charge in [-0.1, -0.05) is 24.6 Å². The van der Waals surface area contributed by atoms with Crippen molar-refractivity contribution in [3.05, 3.63) is 53.3 Å². The summed E-state index contributed by atoms with van der Waals surface area (Å²) >= 11 is 6.53. The molecule has 34 heavy (non-hydrogen) atoms. The van der Waals surface area contributed by atoms with Gasteiger partial charge in [-0.05, 0) is 44.9 Å². The number of hydrogen-bond acceptors (Lipinski definition) is 7. The molecule has 0 bridgehead atoms. The highest BCUT2D eigenvalue weighted by molar-refractivity contribution is 6.63. The monoisotopic (exact) mass is 479 g/mol. The molecular weight excluding hydrogens is 453 g/mol. The highest BCUT2D eigenvalue weighted by Gasteiger charge is 2.28. The van der Waals surface area contributed by atoms with Crippen LogP contribution in [0.3, 0.4) is 0 Å². The highest BCUT2D eigenvalue weighted by Crippen LogP contribution is 2.32. The van der Waals surface area contributed by atoms with Crippen LogP contribution in [0.2, 0.25) is 5.02 Å². The van der Waals surface area contributed by atoms with Crippen LogP contribution in [0.4, 0.5) is 5.82 Å². The van der Waals surface area contributed by atoms with Crippen LogP contribution in [0.25, 0.3) is 22.4 Å². The van der Waals surface area contributed by atoms with Gasteiger partial charge in [0.05, 0.1) is 22.8 Å². The Kier molecular flexibility index (Phi) is 6.10. The van der Waals surface area contributed by atoms with Gasteiger partial charge in [0.25, 0.3) is 0 Å². The van der Waals surface area contributed by atoms with Crippen molar-refractivity contribution in [3.8, 4) is 11.4 Å². The van der Waals surface area contributed by atoms with Crippen molar-refractivity contribution >= 4 is 41.0 Å². The first-order valence-corrected chi connectivity index (χ1v) is 12.0. The maximum absolute atomic E-state index is 9.70. The maximum Gasteiger partial charge on any atom is 0.490 e. The molecule has 1 aliphatic heterocycles. The molecule has 4 heterocycles. The van der Waals surface area contributed by atoms with Crippen LogP contribution in [0.5, 0.6) is 0 Å².